The number of benzene rings is 2. The molecule has 1 aliphatic rings. The van der Waals surface area contributed by atoms with Crippen LogP contribution in [-0.2, 0) is 12.8 Å². The first-order valence-corrected chi connectivity index (χ1v) is 9.66. The second-order valence-electron chi connectivity index (χ2n) is 7.15. The number of nitrogens with one attached hydrogen (secondary N) is 1. The second-order valence-corrected chi connectivity index (χ2v) is 7.15. The average molecular weight is 352 g/mol. The SMILES string of the molecule is Cc1cccc(CCCc2ccc(C#Cc3cc4c([nH]3)=NCCC=4)cc2)c1. The van der Waals surface area contributed by atoms with Gasteiger partial charge >= 0.3 is 0 Å². The number of nitrogens with zero attached hydrogens (tertiary/aromatic N) is 1. The van der Waals surface area contributed by atoms with Crippen molar-refractivity contribution in [1.82, 2.24) is 4.98 Å². The largest absolute Gasteiger partial charge is 0.333 e. The minimum absolute atomic E-state index is 0.867. The molecule has 27 heavy (non-hydrogen) atoms. The van der Waals surface area contributed by atoms with Crippen molar-refractivity contribution in [1.29, 1.82) is 0 Å². The maximum atomic E-state index is 4.48. The van der Waals surface area contributed by atoms with Crippen molar-refractivity contribution < 1.29 is 0 Å². The fourth-order valence-corrected chi connectivity index (χ4v) is 3.47. The van der Waals surface area contributed by atoms with Gasteiger partial charge in [0.05, 0.1) is 5.69 Å². The summed E-state index contributed by atoms with van der Waals surface area (Å²) in [5, 5.41) is 1.18. The lowest BCUT2D eigenvalue weighted by molar-refractivity contribution is 0.820. The molecule has 0 atom stereocenters. The van der Waals surface area contributed by atoms with Crippen LogP contribution in [0.5, 0.6) is 0 Å². The molecule has 0 amide bonds. The zero-order chi connectivity index (χ0) is 18.5. The summed E-state index contributed by atoms with van der Waals surface area (Å²) in [6.07, 6.45) is 6.63. The Bertz CT molecular complexity index is 1070. The lowest BCUT2D eigenvalue weighted by atomic mass is 10.0. The Morgan fingerprint density at radius 2 is 1.81 bits per heavy atom. The van der Waals surface area contributed by atoms with Crippen LogP contribution in [0, 0.1) is 18.8 Å². The number of aromatic amines is 1. The molecule has 3 aromatic rings. The van der Waals surface area contributed by atoms with Gasteiger partial charge in [0.2, 0.25) is 0 Å². The van der Waals surface area contributed by atoms with Gasteiger partial charge in [-0.3, -0.25) is 4.99 Å². The van der Waals surface area contributed by atoms with Crippen molar-refractivity contribution >= 4 is 6.08 Å². The fourth-order valence-electron chi connectivity index (χ4n) is 3.47. The molecule has 0 unspecified atom stereocenters. The van der Waals surface area contributed by atoms with E-state index in [1.54, 1.807) is 0 Å². The Morgan fingerprint density at radius 3 is 2.63 bits per heavy atom. The highest BCUT2D eigenvalue weighted by atomic mass is 14.9. The summed E-state index contributed by atoms with van der Waals surface area (Å²) in [6.45, 7) is 3.02. The van der Waals surface area contributed by atoms with Crippen LogP contribution < -0.4 is 10.7 Å². The molecule has 4 rings (SSSR count). The van der Waals surface area contributed by atoms with Gasteiger partial charge in [0.15, 0.2) is 0 Å². The summed E-state index contributed by atoms with van der Waals surface area (Å²) in [5.74, 6) is 6.47. The Kier molecular flexibility index (Phi) is 5.21. The first-order valence-electron chi connectivity index (χ1n) is 9.66. The zero-order valence-corrected chi connectivity index (χ0v) is 15.8. The molecular weight excluding hydrogens is 328 g/mol. The smallest absolute Gasteiger partial charge is 0.132 e. The van der Waals surface area contributed by atoms with Crippen molar-refractivity contribution in [3.63, 3.8) is 0 Å². The van der Waals surface area contributed by atoms with Crippen LogP contribution in [0.1, 0.15) is 40.8 Å². The molecule has 1 aliphatic heterocycles. The predicted molar refractivity (Wildman–Crippen MR) is 111 cm³/mol. The third-order valence-electron chi connectivity index (χ3n) is 4.90. The number of hydrogen-bond acceptors (Lipinski definition) is 1. The number of rotatable bonds is 4. The van der Waals surface area contributed by atoms with Crippen LogP contribution in [0.2, 0.25) is 0 Å². The molecule has 2 nitrogen and oxygen atoms in total. The molecule has 0 saturated heterocycles. The number of H-pyrrole nitrogens is 1. The molecule has 0 spiro atoms. The molecule has 2 aromatic carbocycles. The first-order chi connectivity index (χ1) is 13.3. The van der Waals surface area contributed by atoms with Crippen molar-refractivity contribution in [3.05, 3.63) is 93.3 Å². The summed E-state index contributed by atoms with van der Waals surface area (Å²) < 4.78 is 0. The van der Waals surface area contributed by atoms with Crippen molar-refractivity contribution in [3.8, 4) is 11.8 Å². The normalized spacial score (nSPS) is 12.3. The summed E-state index contributed by atoms with van der Waals surface area (Å²) in [5.41, 5.74) is 7.08. The standard InChI is InChI=1S/C25H24N2/c1-19-5-2-7-22(17-19)8-3-6-20-10-12-21(13-11-20)14-15-24-18-23-9-4-16-26-25(23)27-24/h2,5,7,9-13,17-18H,3-4,6,8,16H2,1H3,(H,26,27). The van der Waals surface area contributed by atoms with E-state index in [1.807, 2.05) is 0 Å². The van der Waals surface area contributed by atoms with Crippen LogP contribution in [0.25, 0.3) is 6.08 Å². The molecular formula is C25H24N2. The number of aryl methyl sites for hydroxylation is 3. The number of aromatic nitrogens is 1. The molecule has 0 radical (unpaired) electrons. The number of hydrogen-bond donors (Lipinski definition) is 1. The average Bonchev–Trinajstić information content (AvgIpc) is 3.10. The molecule has 1 aromatic heterocycles. The molecule has 0 aliphatic carbocycles. The highest BCUT2D eigenvalue weighted by molar-refractivity contribution is 5.42. The molecule has 134 valence electrons. The van der Waals surface area contributed by atoms with Crippen LogP contribution in [-0.4, -0.2) is 11.5 Å². The maximum Gasteiger partial charge on any atom is 0.132 e. The van der Waals surface area contributed by atoms with Gasteiger partial charge in [-0.15, -0.1) is 0 Å². The summed E-state index contributed by atoms with van der Waals surface area (Å²) >= 11 is 0. The van der Waals surface area contributed by atoms with Crippen LogP contribution in [0.4, 0.5) is 0 Å². The maximum absolute atomic E-state index is 4.48. The minimum Gasteiger partial charge on any atom is -0.333 e. The molecule has 1 N–H and O–H groups in total. The molecule has 0 fully saturated rings. The van der Waals surface area contributed by atoms with E-state index in [4.69, 9.17) is 0 Å². The van der Waals surface area contributed by atoms with Gasteiger partial charge in [0.1, 0.15) is 5.49 Å². The summed E-state index contributed by atoms with van der Waals surface area (Å²) in [7, 11) is 0. The third kappa shape index (κ3) is 4.57. The lowest BCUT2D eigenvalue weighted by Crippen LogP contribution is -2.25. The zero-order valence-electron chi connectivity index (χ0n) is 15.8. The van der Waals surface area contributed by atoms with E-state index >= 15 is 0 Å². The first kappa shape index (κ1) is 17.4. The molecule has 0 bridgehead atoms. The van der Waals surface area contributed by atoms with Gasteiger partial charge in [0, 0.05) is 17.3 Å². The molecule has 0 saturated carbocycles. The minimum atomic E-state index is 0.867. The fraction of sp³-hybridized carbons (Fsp3) is 0.240. The van der Waals surface area contributed by atoms with Gasteiger partial charge in [-0.1, -0.05) is 54.0 Å². The summed E-state index contributed by atoms with van der Waals surface area (Å²) in [4.78, 5) is 7.77. The molecule has 2 heterocycles. The Labute approximate surface area is 160 Å². The van der Waals surface area contributed by atoms with E-state index in [1.165, 1.54) is 28.3 Å². The highest BCUT2D eigenvalue weighted by Gasteiger charge is 1.99. The van der Waals surface area contributed by atoms with Crippen LogP contribution in [0.15, 0.2) is 59.6 Å². The van der Waals surface area contributed by atoms with Crippen molar-refractivity contribution in [2.75, 3.05) is 6.54 Å². The van der Waals surface area contributed by atoms with E-state index in [9.17, 15) is 0 Å². The third-order valence-corrected chi connectivity index (χ3v) is 4.90. The van der Waals surface area contributed by atoms with E-state index < -0.39 is 0 Å². The quantitative estimate of drug-likeness (QED) is 0.694. The topological polar surface area (TPSA) is 28.1 Å². The number of fused-ring (bicyclic) bond motifs is 1. The summed E-state index contributed by atoms with van der Waals surface area (Å²) in [6, 6.07) is 19.5. The second kappa shape index (κ2) is 8.10. The van der Waals surface area contributed by atoms with E-state index in [0.29, 0.717) is 0 Å². The lowest BCUT2D eigenvalue weighted by Gasteiger charge is -2.04. The highest BCUT2D eigenvalue weighted by Crippen LogP contribution is 2.11. The van der Waals surface area contributed by atoms with Gasteiger partial charge in [-0.2, -0.15) is 0 Å². The van der Waals surface area contributed by atoms with Crippen molar-refractivity contribution in [2.45, 2.75) is 32.6 Å². The van der Waals surface area contributed by atoms with Gasteiger partial charge in [-0.25, -0.2) is 0 Å². The van der Waals surface area contributed by atoms with E-state index in [-0.39, 0.29) is 0 Å². The Balaban J connectivity index is 1.36. The van der Waals surface area contributed by atoms with Gasteiger partial charge in [0.25, 0.3) is 0 Å². The van der Waals surface area contributed by atoms with Crippen LogP contribution >= 0.6 is 0 Å². The Hall–Kier alpha value is -3.05. The van der Waals surface area contributed by atoms with E-state index in [0.717, 1.165) is 42.6 Å². The van der Waals surface area contributed by atoms with Gasteiger partial charge in [-0.05, 0) is 67.9 Å². The van der Waals surface area contributed by atoms with Gasteiger partial charge < -0.3 is 4.98 Å². The monoisotopic (exact) mass is 352 g/mol. The van der Waals surface area contributed by atoms with Crippen molar-refractivity contribution in [2.24, 2.45) is 4.99 Å². The van der Waals surface area contributed by atoms with Crippen LogP contribution in [0.3, 0.4) is 0 Å². The van der Waals surface area contributed by atoms with E-state index in [2.05, 4.69) is 89.4 Å². The molecule has 2 heteroatoms. The predicted octanol–water partition coefficient (Wildman–Crippen LogP) is 3.70. The Morgan fingerprint density at radius 1 is 0.963 bits per heavy atom.